The van der Waals surface area contributed by atoms with E-state index in [4.69, 9.17) is 5.11 Å². The molecule has 1 aliphatic heterocycles. The first kappa shape index (κ1) is 16.0. The molecular weight excluding hydrogens is 310 g/mol. The van der Waals surface area contributed by atoms with E-state index in [1.54, 1.807) is 11.0 Å². The fourth-order valence-corrected chi connectivity index (χ4v) is 2.68. The molecule has 0 radical (unpaired) electrons. The maximum Gasteiger partial charge on any atom is 0.335 e. The molecule has 0 bridgehead atoms. The summed E-state index contributed by atoms with van der Waals surface area (Å²) in [5.41, 5.74) is 0.638. The number of fused-ring (bicyclic) bond motifs is 1. The Hall–Kier alpha value is -2.41. The molecule has 2 heterocycles. The van der Waals surface area contributed by atoms with E-state index in [1.165, 1.54) is 18.5 Å². The van der Waals surface area contributed by atoms with E-state index in [1.807, 2.05) is 0 Å². The number of aliphatic carboxylic acids is 1. The third-order valence-corrected chi connectivity index (χ3v) is 3.67. The number of hydrogen-bond acceptors (Lipinski definition) is 5. The Labute approximate surface area is 132 Å². The van der Waals surface area contributed by atoms with Crippen LogP contribution in [0.4, 0.5) is 5.82 Å². The largest absolute Gasteiger partial charge is 0.480 e. The third kappa shape index (κ3) is 2.67. The van der Waals surface area contributed by atoms with E-state index in [2.05, 4.69) is 9.97 Å². The van der Waals surface area contributed by atoms with Crippen LogP contribution in [0.5, 0.6) is 0 Å². The summed E-state index contributed by atoms with van der Waals surface area (Å²) in [7, 11) is 0. The highest BCUT2D eigenvalue weighted by atomic mass is 35.5. The Bertz CT molecular complexity index is 737. The van der Waals surface area contributed by atoms with Gasteiger partial charge in [0.1, 0.15) is 18.2 Å². The van der Waals surface area contributed by atoms with Crippen LogP contribution < -0.4 is 4.90 Å². The summed E-state index contributed by atoms with van der Waals surface area (Å²) in [5, 5.41) is 18.9. The number of hydrogen-bond donors (Lipinski definition) is 2. The zero-order valence-corrected chi connectivity index (χ0v) is 12.3. The lowest BCUT2D eigenvalue weighted by molar-refractivity contribution is -0.138. The zero-order chi connectivity index (χ0) is 15.0. The van der Waals surface area contributed by atoms with Crippen LogP contribution in [0.15, 0.2) is 24.5 Å². The van der Waals surface area contributed by atoms with Crippen molar-refractivity contribution in [3.05, 3.63) is 30.1 Å². The smallest absolute Gasteiger partial charge is 0.335 e. The summed E-state index contributed by atoms with van der Waals surface area (Å²) in [5.74, 6) is -1.36. The lowest BCUT2D eigenvalue weighted by atomic mass is 10.1. The number of aromatic nitrogens is 2. The van der Waals surface area contributed by atoms with Crippen molar-refractivity contribution in [2.24, 2.45) is 0 Å². The van der Waals surface area contributed by atoms with Gasteiger partial charge in [-0.05, 0) is 31.0 Å². The maximum absolute atomic E-state index is 11.3. The van der Waals surface area contributed by atoms with E-state index >= 15 is 0 Å². The molecule has 22 heavy (non-hydrogen) atoms. The number of carboxylic acids is 2. The average molecular weight is 324 g/mol. The third-order valence-electron chi connectivity index (χ3n) is 3.67. The van der Waals surface area contributed by atoms with Crippen molar-refractivity contribution in [2.45, 2.75) is 18.9 Å². The van der Waals surface area contributed by atoms with Crippen molar-refractivity contribution in [2.75, 3.05) is 11.4 Å². The summed E-state index contributed by atoms with van der Waals surface area (Å²) in [6.45, 7) is 0.615. The quantitative estimate of drug-likeness (QED) is 0.887. The van der Waals surface area contributed by atoms with Gasteiger partial charge in [0.15, 0.2) is 0 Å². The molecule has 1 atom stereocenters. The van der Waals surface area contributed by atoms with Gasteiger partial charge in [-0.15, -0.1) is 12.4 Å². The molecule has 2 N–H and O–H groups in total. The fraction of sp³-hybridized carbons (Fsp3) is 0.286. The molecule has 1 unspecified atom stereocenters. The molecule has 0 amide bonds. The van der Waals surface area contributed by atoms with Gasteiger partial charge in [-0.3, -0.25) is 0 Å². The molecule has 2 aromatic rings. The van der Waals surface area contributed by atoms with Crippen molar-refractivity contribution < 1.29 is 19.8 Å². The van der Waals surface area contributed by atoms with Crippen LogP contribution in [-0.2, 0) is 4.79 Å². The van der Waals surface area contributed by atoms with Gasteiger partial charge < -0.3 is 15.1 Å². The van der Waals surface area contributed by atoms with E-state index < -0.39 is 18.0 Å². The van der Waals surface area contributed by atoms with Crippen molar-refractivity contribution in [3.8, 4) is 0 Å². The second-order valence-corrected chi connectivity index (χ2v) is 4.92. The summed E-state index contributed by atoms with van der Waals surface area (Å²) in [6.07, 6.45) is 2.70. The molecule has 7 nitrogen and oxygen atoms in total. The molecule has 0 aliphatic carbocycles. The molecule has 1 aliphatic rings. The van der Waals surface area contributed by atoms with E-state index in [-0.39, 0.29) is 18.0 Å². The summed E-state index contributed by atoms with van der Waals surface area (Å²) in [4.78, 5) is 32.3. The van der Waals surface area contributed by atoms with Crippen molar-refractivity contribution >= 4 is 41.1 Å². The molecule has 0 saturated carbocycles. The van der Waals surface area contributed by atoms with Gasteiger partial charge in [0, 0.05) is 11.9 Å². The molecule has 1 fully saturated rings. The van der Waals surface area contributed by atoms with Gasteiger partial charge in [0.25, 0.3) is 0 Å². The highest BCUT2D eigenvalue weighted by molar-refractivity contribution is 5.97. The van der Waals surface area contributed by atoms with E-state index in [0.29, 0.717) is 29.7 Å². The molecular formula is C14H14ClN3O4. The van der Waals surface area contributed by atoms with Gasteiger partial charge in [-0.25, -0.2) is 19.6 Å². The number of carboxylic acid groups (broad SMARTS) is 2. The minimum Gasteiger partial charge on any atom is -0.480 e. The van der Waals surface area contributed by atoms with Crippen LogP contribution in [0.2, 0.25) is 0 Å². The Morgan fingerprint density at radius 1 is 1.23 bits per heavy atom. The highest BCUT2D eigenvalue weighted by Crippen LogP contribution is 2.30. The Kier molecular flexibility index (Phi) is 4.46. The summed E-state index contributed by atoms with van der Waals surface area (Å²) < 4.78 is 0. The van der Waals surface area contributed by atoms with Crippen LogP contribution in [0, 0.1) is 0 Å². The average Bonchev–Trinajstić information content (AvgIpc) is 2.95. The number of rotatable bonds is 3. The van der Waals surface area contributed by atoms with Crippen molar-refractivity contribution in [1.29, 1.82) is 0 Å². The normalized spacial score (nSPS) is 17.3. The monoisotopic (exact) mass is 323 g/mol. The van der Waals surface area contributed by atoms with Crippen LogP contribution in [-0.4, -0.2) is 44.7 Å². The lowest BCUT2D eigenvalue weighted by Gasteiger charge is -2.23. The van der Waals surface area contributed by atoms with Crippen molar-refractivity contribution in [3.63, 3.8) is 0 Å². The zero-order valence-electron chi connectivity index (χ0n) is 11.5. The van der Waals surface area contributed by atoms with E-state index in [0.717, 1.165) is 6.42 Å². The van der Waals surface area contributed by atoms with Crippen LogP contribution in [0.3, 0.4) is 0 Å². The van der Waals surface area contributed by atoms with Crippen LogP contribution in [0.1, 0.15) is 23.2 Å². The maximum atomic E-state index is 11.3. The number of benzene rings is 1. The molecule has 0 spiro atoms. The Balaban J connectivity index is 0.00000176. The molecule has 1 saturated heterocycles. The number of anilines is 1. The number of aromatic carboxylic acids is 1. The number of nitrogens with zero attached hydrogens (tertiary/aromatic N) is 3. The van der Waals surface area contributed by atoms with Gasteiger partial charge >= 0.3 is 11.9 Å². The molecule has 1 aromatic heterocycles. The van der Waals surface area contributed by atoms with Crippen LogP contribution >= 0.6 is 12.4 Å². The number of halogens is 1. The first-order valence-electron chi connectivity index (χ1n) is 6.55. The molecule has 1 aromatic carbocycles. The highest BCUT2D eigenvalue weighted by Gasteiger charge is 2.32. The van der Waals surface area contributed by atoms with E-state index in [9.17, 15) is 14.7 Å². The van der Waals surface area contributed by atoms with Crippen molar-refractivity contribution in [1.82, 2.24) is 9.97 Å². The van der Waals surface area contributed by atoms with Gasteiger partial charge in [-0.2, -0.15) is 0 Å². The molecule has 3 rings (SSSR count). The first-order valence-corrected chi connectivity index (χ1v) is 6.55. The standard InChI is InChI=1S/C14H13N3O4.ClH/c18-13(19)8-3-4-9-10(6-8)15-7-16-12(9)17-5-1-2-11(17)14(20)21;/h3-4,6-7,11H,1-2,5H2,(H,18,19)(H,20,21);1H. The Morgan fingerprint density at radius 3 is 2.68 bits per heavy atom. The number of carbonyl (C=O) groups is 2. The summed E-state index contributed by atoms with van der Waals surface area (Å²) >= 11 is 0. The fourth-order valence-electron chi connectivity index (χ4n) is 2.68. The predicted molar refractivity (Wildman–Crippen MR) is 81.7 cm³/mol. The van der Waals surface area contributed by atoms with Gasteiger partial charge in [-0.1, -0.05) is 0 Å². The van der Waals surface area contributed by atoms with Crippen LogP contribution in [0.25, 0.3) is 10.9 Å². The first-order chi connectivity index (χ1) is 10.1. The predicted octanol–water partition coefficient (Wildman–Crippen LogP) is 1.80. The minimum absolute atomic E-state index is 0. The molecule has 116 valence electrons. The van der Waals surface area contributed by atoms with Gasteiger partial charge in [0.2, 0.25) is 0 Å². The Morgan fingerprint density at radius 2 is 2.00 bits per heavy atom. The SMILES string of the molecule is Cl.O=C(O)c1ccc2c(N3CCCC3C(=O)O)ncnc2c1. The topological polar surface area (TPSA) is 104 Å². The second kappa shape index (κ2) is 6.15. The second-order valence-electron chi connectivity index (χ2n) is 4.92. The molecule has 8 heteroatoms. The summed E-state index contributed by atoms with van der Waals surface area (Å²) in [6, 6.07) is 3.98. The minimum atomic E-state index is -1.03. The van der Waals surface area contributed by atoms with Gasteiger partial charge in [0.05, 0.1) is 11.1 Å². The lowest BCUT2D eigenvalue weighted by Crippen LogP contribution is -2.36.